The number of hydrogen-bond acceptors (Lipinski definition) is 2. The molecule has 0 bridgehead atoms. The van der Waals surface area contributed by atoms with Crippen molar-refractivity contribution in [2.75, 3.05) is 0 Å². The molecular weight excluding hydrogens is 362 g/mol. The maximum absolute atomic E-state index is 12.5. The number of alkyl halides is 6. The van der Waals surface area contributed by atoms with E-state index in [0.717, 1.165) is 48.5 Å². The predicted molar refractivity (Wildman–Crippen MR) is 82.0 cm³/mol. The summed E-state index contributed by atoms with van der Waals surface area (Å²) < 4.78 is 75.0. The van der Waals surface area contributed by atoms with E-state index >= 15 is 0 Å². The van der Waals surface area contributed by atoms with E-state index in [1.807, 2.05) is 0 Å². The highest BCUT2D eigenvalue weighted by atomic mass is 19.4. The van der Waals surface area contributed by atoms with Crippen molar-refractivity contribution in [2.24, 2.45) is 0 Å². The molecule has 0 aliphatic heterocycles. The zero-order chi connectivity index (χ0) is 19.5. The molecule has 2 nitrogen and oxygen atoms in total. The Morgan fingerprint density at radius 1 is 0.577 bits per heavy atom. The molecule has 0 aliphatic rings. The summed E-state index contributed by atoms with van der Waals surface area (Å²) in [5, 5.41) is 20.0. The maximum Gasteiger partial charge on any atom is 0.416 e. The fourth-order valence-electron chi connectivity index (χ4n) is 2.44. The molecule has 0 aliphatic carbocycles. The molecule has 8 heteroatoms. The first-order valence-electron chi connectivity index (χ1n) is 7.69. The first-order chi connectivity index (χ1) is 12.0. The van der Waals surface area contributed by atoms with Crippen LogP contribution in [0, 0.1) is 0 Å². The Balaban J connectivity index is 1.95. The minimum absolute atomic E-state index is 0.0353. The molecule has 26 heavy (non-hydrogen) atoms. The van der Waals surface area contributed by atoms with Gasteiger partial charge in [-0.1, -0.05) is 24.3 Å². The van der Waals surface area contributed by atoms with Crippen molar-refractivity contribution in [3.05, 3.63) is 70.8 Å². The molecule has 2 atom stereocenters. The average molecular weight is 378 g/mol. The smallest absolute Gasteiger partial charge is 0.388 e. The number of aliphatic hydroxyl groups excluding tert-OH is 2. The van der Waals surface area contributed by atoms with Gasteiger partial charge in [0.05, 0.1) is 23.3 Å². The lowest BCUT2D eigenvalue weighted by molar-refractivity contribution is -0.138. The van der Waals surface area contributed by atoms with Gasteiger partial charge < -0.3 is 10.2 Å². The Morgan fingerprint density at radius 2 is 0.846 bits per heavy atom. The molecule has 0 saturated heterocycles. The molecule has 2 aromatic rings. The van der Waals surface area contributed by atoms with Gasteiger partial charge >= 0.3 is 12.4 Å². The Bertz CT molecular complexity index is 641. The van der Waals surface area contributed by atoms with E-state index in [1.165, 1.54) is 0 Å². The zero-order valence-electron chi connectivity index (χ0n) is 13.3. The molecule has 0 spiro atoms. The summed E-state index contributed by atoms with van der Waals surface area (Å²) in [4.78, 5) is 0. The molecule has 0 unspecified atom stereocenters. The van der Waals surface area contributed by atoms with Crippen LogP contribution in [0.1, 0.15) is 47.3 Å². The molecule has 142 valence electrons. The topological polar surface area (TPSA) is 40.5 Å². The number of aliphatic hydroxyl groups is 2. The van der Waals surface area contributed by atoms with E-state index < -0.39 is 35.7 Å². The van der Waals surface area contributed by atoms with Gasteiger partial charge in [-0.15, -0.1) is 0 Å². The Labute approximate surface area is 145 Å². The molecule has 2 N–H and O–H groups in total. The van der Waals surface area contributed by atoms with E-state index in [1.54, 1.807) is 0 Å². The van der Waals surface area contributed by atoms with Crippen LogP contribution in [-0.2, 0) is 12.4 Å². The second kappa shape index (κ2) is 7.67. The minimum Gasteiger partial charge on any atom is -0.388 e. The van der Waals surface area contributed by atoms with Gasteiger partial charge in [0, 0.05) is 0 Å². The highest BCUT2D eigenvalue weighted by Gasteiger charge is 2.31. The van der Waals surface area contributed by atoms with Crippen molar-refractivity contribution in [3.63, 3.8) is 0 Å². The molecule has 0 aromatic heterocycles. The summed E-state index contributed by atoms with van der Waals surface area (Å²) in [7, 11) is 0. The second-order valence-corrected chi connectivity index (χ2v) is 5.85. The second-order valence-electron chi connectivity index (χ2n) is 5.85. The Morgan fingerprint density at radius 3 is 1.08 bits per heavy atom. The van der Waals surface area contributed by atoms with Crippen molar-refractivity contribution in [3.8, 4) is 0 Å². The lowest BCUT2D eigenvalue weighted by Crippen LogP contribution is -2.07. The van der Waals surface area contributed by atoms with Crippen molar-refractivity contribution in [1.82, 2.24) is 0 Å². The monoisotopic (exact) mass is 378 g/mol. The number of halogens is 6. The first kappa shape index (κ1) is 20.3. The third kappa shape index (κ3) is 5.22. The van der Waals surface area contributed by atoms with Crippen molar-refractivity contribution >= 4 is 0 Å². The summed E-state index contributed by atoms with van der Waals surface area (Å²) >= 11 is 0. The molecule has 2 aromatic carbocycles. The normalized spacial score (nSPS) is 14.9. The maximum atomic E-state index is 12.5. The van der Waals surface area contributed by atoms with Crippen LogP contribution in [0.4, 0.5) is 26.3 Å². The fraction of sp³-hybridized carbons (Fsp3) is 0.333. The van der Waals surface area contributed by atoms with Crippen molar-refractivity contribution < 1.29 is 36.6 Å². The molecule has 0 amide bonds. The van der Waals surface area contributed by atoms with Crippen LogP contribution >= 0.6 is 0 Å². The highest BCUT2D eigenvalue weighted by Crippen LogP contribution is 2.32. The Kier molecular flexibility index (Phi) is 5.98. The number of hydrogen-bond donors (Lipinski definition) is 2. The standard InChI is InChI=1S/C18H16F6O2/c19-17(20,21)13-5-1-11(2-6-13)15(25)9-10-16(26)12-3-7-14(8-4-12)18(22,23)24/h1-8,15-16,25-26H,9-10H2/t15-,16-/m1/s1. The van der Waals surface area contributed by atoms with E-state index in [-0.39, 0.29) is 24.0 Å². The van der Waals surface area contributed by atoms with Gasteiger partial charge in [0.1, 0.15) is 0 Å². The van der Waals surface area contributed by atoms with Crippen LogP contribution in [0.25, 0.3) is 0 Å². The van der Waals surface area contributed by atoms with E-state index in [2.05, 4.69) is 0 Å². The van der Waals surface area contributed by atoms with E-state index in [9.17, 15) is 36.6 Å². The molecule has 0 saturated carbocycles. The lowest BCUT2D eigenvalue weighted by atomic mass is 9.98. The summed E-state index contributed by atoms with van der Waals surface area (Å²) in [6, 6.07) is 8.01. The van der Waals surface area contributed by atoms with Gasteiger partial charge in [-0.2, -0.15) is 26.3 Å². The molecule has 0 heterocycles. The van der Waals surface area contributed by atoms with Crippen LogP contribution in [0.2, 0.25) is 0 Å². The van der Waals surface area contributed by atoms with Crippen molar-refractivity contribution in [1.29, 1.82) is 0 Å². The molecule has 2 rings (SSSR count). The summed E-state index contributed by atoms with van der Waals surface area (Å²) in [5.41, 5.74) is -1.15. The Hall–Kier alpha value is -2.06. The summed E-state index contributed by atoms with van der Waals surface area (Å²) in [6.07, 6.45) is -11.1. The summed E-state index contributed by atoms with van der Waals surface area (Å²) in [5.74, 6) is 0. The van der Waals surface area contributed by atoms with Crippen LogP contribution in [0.15, 0.2) is 48.5 Å². The zero-order valence-corrected chi connectivity index (χ0v) is 13.3. The first-order valence-corrected chi connectivity index (χ1v) is 7.69. The fourth-order valence-corrected chi connectivity index (χ4v) is 2.44. The van der Waals surface area contributed by atoms with Gasteiger partial charge in [0.2, 0.25) is 0 Å². The third-order valence-corrected chi connectivity index (χ3v) is 3.96. The molecule has 0 radical (unpaired) electrons. The minimum atomic E-state index is -4.47. The van der Waals surface area contributed by atoms with Crippen LogP contribution in [0.3, 0.4) is 0 Å². The molecule has 0 fully saturated rings. The van der Waals surface area contributed by atoms with E-state index in [0.29, 0.717) is 0 Å². The quantitative estimate of drug-likeness (QED) is 0.696. The van der Waals surface area contributed by atoms with Crippen LogP contribution < -0.4 is 0 Å². The van der Waals surface area contributed by atoms with E-state index in [4.69, 9.17) is 0 Å². The van der Waals surface area contributed by atoms with Gasteiger partial charge in [-0.25, -0.2) is 0 Å². The molecular formula is C18H16F6O2. The average Bonchev–Trinajstić information content (AvgIpc) is 2.58. The number of rotatable bonds is 5. The SMILES string of the molecule is O[C@H](CC[C@@H](O)c1ccc(C(F)(F)F)cc1)c1ccc(C(F)(F)F)cc1. The van der Waals surface area contributed by atoms with Crippen LogP contribution in [0.5, 0.6) is 0 Å². The lowest BCUT2D eigenvalue weighted by Gasteiger charge is -2.16. The van der Waals surface area contributed by atoms with Gasteiger partial charge in [-0.3, -0.25) is 0 Å². The largest absolute Gasteiger partial charge is 0.416 e. The summed E-state index contributed by atoms with van der Waals surface area (Å²) in [6.45, 7) is 0. The van der Waals surface area contributed by atoms with Crippen LogP contribution in [-0.4, -0.2) is 10.2 Å². The predicted octanol–water partition coefficient (Wildman–Crippen LogP) is 5.27. The van der Waals surface area contributed by atoms with Gasteiger partial charge in [0.25, 0.3) is 0 Å². The third-order valence-electron chi connectivity index (χ3n) is 3.96. The van der Waals surface area contributed by atoms with Gasteiger partial charge in [0.15, 0.2) is 0 Å². The van der Waals surface area contributed by atoms with Gasteiger partial charge in [-0.05, 0) is 48.2 Å². The number of benzene rings is 2. The highest BCUT2D eigenvalue weighted by molar-refractivity contribution is 5.27. The van der Waals surface area contributed by atoms with Crippen molar-refractivity contribution in [2.45, 2.75) is 37.4 Å².